The molecule has 0 unspecified atom stereocenters. The van der Waals surface area contributed by atoms with E-state index in [0.29, 0.717) is 10.7 Å². The van der Waals surface area contributed by atoms with Crippen LogP contribution in [0.5, 0.6) is 0 Å². The largest absolute Gasteiger partial charge is 0.465 e. The summed E-state index contributed by atoms with van der Waals surface area (Å²) in [5, 5.41) is 4.77. The molecule has 0 amide bonds. The molecule has 2 aromatic rings. The van der Waals surface area contributed by atoms with Crippen LogP contribution in [0.15, 0.2) is 18.2 Å². The molecule has 0 spiro atoms. The lowest BCUT2D eigenvalue weighted by atomic mass is 10.1. The van der Waals surface area contributed by atoms with Crippen molar-refractivity contribution in [2.45, 2.75) is 34.1 Å². The highest BCUT2D eigenvalue weighted by atomic mass is 32.1. The molecule has 0 aliphatic carbocycles. The number of thiophene rings is 1. The van der Waals surface area contributed by atoms with E-state index < -0.39 is 0 Å². The van der Waals surface area contributed by atoms with Crippen LogP contribution in [0.4, 0.5) is 10.7 Å². The van der Waals surface area contributed by atoms with Gasteiger partial charge in [-0.3, -0.25) is 0 Å². The van der Waals surface area contributed by atoms with E-state index in [4.69, 9.17) is 17.0 Å². The molecule has 1 aromatic heterocycles. The van der Waals surface area contributed by atoms with Gasteiger partial charge in [0.15, 0.2) is 5.11 Å². The fraction of sp³-hybridized carbons (Fsp3) is 0.455. The first-order valence-corrected chi connectivity index (χ1v) is 11.2. The summed E-state index contributed by atoms with van der Waals surface area (Å²) in [6, 6.07) is 6.47. The first kappa shape index (κ1) is 21.6. The minimum Gasteiger partial charge on any atom is -0.465 e. The predicted molar refractivity (Wildman–Crippen MR) is 126 cm³/mol. The van der Waals surface area contributed by atoms with Gasteiger partial charge in [0.05, 0.1) is 12.7 Å². The second-order valence-corrected chi connectivity index (χ2v) is 8.92. The summed E-state index contributed by atoms with van der Waals surface area (Å²) in [6.45, 7) is 11.9. The zero-order chi connectivity index (χ0) is 21.1. The quantitative estimate of drug-likeness (QED) is 0.566. The smallest absolute Gasteiger partial charge is 0.341 e. The minimum atomic E-state index is -0.309. The van der Waals surface area contributed by atoms with Crippen molar-refractivity contribution in [2.75, 3.05) is 43.5 Å². The number of anilines is 2. The molecule has 29 heavy (non-hydrogen) atoms. The number of esters is 1. The first-order valence-electron chi connectivity index (χ1n) is 9.95. The van der Waals surface area contributed by atoms with E-state index in [1.807, 2.05) is 6.92 Å². The number of benzene rings is 1. The fourth-order valence-corrected chi connectivity index (χ4v) is 5.30. The Hall–Kier alpha value is -2.12. The third-order valence-corrected chi connectivity index (χ3v) is 7.08. The van der Waals surface area contributed by atoms with Crippen LogP contribution in [0.1, 0.15) is 38.8 Å². The van der Waals surface area contributed by atoms with Gasteiger partial charge in [0, 0.05) is 36.7 Å². The van der Waals surface area contributed by atoms with Crippen LogP contribution in [0.25, 0.3) is 0 Å². The molecule has 1 aliphatic heterocycles. The Bertz CT molecular complexity index is 915. The van der Waals surface area contributed by atoms with Crippen molar-refractivity contribution in [1.29, 1.82) is 0 Å². The maximum absolute atomic E-state index is 12.3. The molecule has 0 bridgehead atoms. The van der Waals surface area contributed by atoms with Gasteiger partial charge in [0.25, 0.3) is 0 Å². The molecular formula is C22H29N3O2S2. The van der Waals surface area contributed by atoms with Crippen LogP contribution in [-0.4, -0.2) is 49.3 Å². The van der Waals surface area contributed by atoms with Gasteiger partial charge >= 0.3 is 5.97 Å². The van der Waals surface area contributed by atoms with Crippen molar-refractivity contribution in [3.8, 4) is 0 Å². The van der Waals surface area contributed by atoms with Crippen molar-refractivity contribution in [2.24, 2.45) is 0 Å². The molecule has 1 aromatic carbocycles. The molecule has 5 nitrogen and oxygen atoms in total. The summed E-state index contributed by atoms with van der Waals surface area (Å²) in [5.41, 5.74) is 5.61. The van der Waals surface area contributed by atoms with Crippen LogP contribution in [0, 0.1) is 20.8 Å². The topological polar surface area (TPSA) is 44.8 Å². The normalized spacial score (nSPS) is 14.1. The molecule has 156 valence electrons. The maximum atomic E-state index is 12.3. The molecule has 1 N–H and O–H groups in total. The number of ether oxygens (including phenoxy) is 1. The number of thiocarbonyl (C=S) groups is 1. The summed E-state index contributed by atoms with van der Waals surface area (Å²) in [7, 11) is 1.42. The van der Waals surface area contributed by atoms with Crippen molar-refractivity contribution < 1.29 is 9.53 Å². The number of carbonyl (C=O) groups is 1. The molecule has 7 heteroatoms. The lowest BCUT2D eigenvalue weighted by Gasteiger charge is -2.38. The Morgan fingerprint density at radius 2 is 1.90 bits per heavy atom. The summed E-state index contributed by atoms with van der Waals surface area (Å²) >= 11 is 7.25. The number of hydrogen-bond donors (Lipinski definition) is 1. The second kappa shape index (κ2) is 9.13. The highest BCUT2D eigenvalue weighted by Crippen LogP contribution is 2.34. The monoisotopic (exact) mass is 431 g/mol. The summed E-state index contributed by atoms with van der Waals surface area (Å²) in [4.78, 5) is 18.1. The van der Waals surface area contributed by atoms with Gasteiger partial charge in [-0.05, 0) is 62.2 Å². The number of carbonyl (C=O) groups excluding carboxylic acids is 1. The third kappa shape index (κ3) is 4.41. The molecule has 1 aliphatic rings. The van der Waals surface area contributed by atoms with Gasteiger partial charge in [0.1, 0.15) is 5.00 Å². The number of hydrogen-bond acceptors (Lipinski definition) is 5. The Morgan fingerprint density at radius 3 is 2.52 bits per heavy atom. The maximum Gasteiger partial charge on any atom is 0.341 e. The summed E-state index contributed by atoms with van der Waals surface area (Å²) in [5.74, 6) is -0.309. The predicted octanol–water partition coefficient (Wildman–Crippen LogP) is 4.54. The van der Waals surface area contributed by atoms with E-state index in [0.717, 1.165) is 48.0 Å². The van der Waals surface area contributed by atoms with Gasteiger partial charge < -0.3 is 19.9 Å². The van der Waals surface area contributed by atoms with E-state index in [-0.39, 0.29) is 5.97 Å². The zero-order valence-corrected chi connectivity index (χ0v) is 19.4. The highest BCUT2D eigenvalue weighted by molar-refractivity contribution is 7.80. The molecule has 0 saturated carbocycles. The van der Waals surface area contributed by atoms with Crippen molar-refractivity contribution in [1.82, 2.24) is 4.90 Å². The van der Waals surface area contributed by atoms with Crippen molar-refractivity contribution in [3.05, 3.63) is 45.3 Å². The van der Waals surface area contributed by atoms with Gasteiger partial charge in [0.2, 0.25) is 0 Å². The van der Waals surface area contributed by atoms with Crippen LogP contribution < -0.4 is 10.2 Å². The van der Waals surface area contributed by atoms with Crippen LogP contribution in [0.3, 0.4) is 0 Å². The number of nitrogens with zero attached hydrogens (tertiary/aromatic N) is 2. The lowest BCUT2D eigenvalue weighted by molar-refractivity contribution is 0.0601. The Morgan fingerprint density at radius 1 is 1.21 bits per heavy atom. The lowest BCUT2D eigenvalue weighted by Crippen LogP contribution is -2.50. The Balaban J connectivity index is 1.69. The molecule has 3 rings (SSSR count). The van der Waals surface area contributed by atoms with Gasteiger partial charge in [-0.15, -0.1) is 11.3 Å². The Kier molecular flexibility index (Phi) is 6.80. The average molecular weight is 432 g/mol. The van der Waals surface area contributed by atoms with Crippen molar-refractivity contribution >= 4 is 45.3 Å². The van der Waals surface area contributed by atoms with Crippen LogP contribution in [0.2, 0.25) is 0 Å². The SMILES string of the molecule is CCc1c(C)sc(NC(=S)N2CCN(c3cccc(C)c3C)CC2)c1C(=O)OC. The van der Waals surface area contributed by atoms with E-state index in [2.05, 4.69) is 54.1 Å². The van der Waals surface area contributed by atoms with Crippen LogP contribution in [-0.2, 0) is 11.2 Å². The molecule has 1 saturated heterocycles. The second-order valence-electron chi connectivity index (χ2n) is 7.31. The van der Waals surface area contributed by atoms with Crippen molar-refractivity contribution in [3.63, 3.8) is 0 Å². The highest BCUT2D eigenvalue weighted by Gasteiger charge is 2.25. The number of piperazine rings is 1. The number of nitrogens with one attached hydrogen (secondary N) is 1. The third-order valence-electron chi connectivity index (χ3n) is 5.66. The number of methoxy groups -OCH3 is 1. The molecule has 0 radical (unpaired) electrons. The number of rotatable bonds is 4. The number of aryl methyl sites for hydroxylation is 2. The van der Waals surface area contributed by atoms with Crippen LogP contribution >= 0.6 is 23.6 Å². The first-order chi connectivity index (χ1) is 13.9. The average Bonchev–Trinajstić information content (AvgIpc) is 3.04. The zero-order valence-electron chi connectivity index (χ0n) is 17.8. The molecule has 2 heterocycles. The molecule has 1 fully saturated rings. The summed E-state index contributed by atoms with van der Waals surface area (Å²) in [6.07, 6.45) is 0.787. The van der Waals surface area contributed by atoms with E-state index >= 15 is 0 Å². The van der Waals surface area contributed by atoms with E-state index in [1.54, 1.807) is 11.3 Å². The molecule has 0 atom stereocenters. The fourth-order valence-electron chi connectivity index (χ4n) is 3.82. The van der Waals surface area contributed by atoms with E-state index in [9.17, 15) is 4.79 Å². The Labute approximate surface area is 182 Å². The van der Waals surface area contributed by atoms with Gasteiger partial charge in [-0.25, -0.2) is 4.79 Å². The molecular weight excluding hydrogens is 402 g/mol. The van der Waals surface area contributed by atoms with E-state index in [1.165, 1.54) is 23.9 Å². The van der Waals surface area contributed by atoms with Gasteiger partial charge in [-0.1, -0.05) is 19.1 Å². The van der Waals surface area contributed by atoms with Gasteiger partial charge in [-0.2, -0.15) is 0 Å². The summed E-state index contributed by atoms with van der Waals surface area (Å²) < 4.78 is 5.01. The standard InChI is InChI=1S/C22H29N3O2S2/c1-6-17-16(4)29-20(19(17)21(26)27-5)23-22(28)25-12-10-24(11-13-25)18-9-7-8-14(2)15(18)3/h7-9H,6,10-13H2,1-5H3,(H,23,28). The minimum absolute atomic E-state index is 0.309.